The summed E-state index contributed by atoms with van der Waals surface area (Å²) in [6, 6.07) is 3.07. The number of nitrogens with one attached hydrogen (secondary N) is 2. The number of benzene rings is 1. The second-order valence-electron chi connectivity index (χ2n) is 4.18. The van der Waals surface area contributed by atoms with Crippen molar-refractivity contribution in [2.75, 3.05) is 0 Å². The van der Waals surface area contributed by atoms with E-state index in [4.69, 9.17) is 5.11 Å². The smallest absolute Gasteiger partial charge is 0.471 e. The predicted octanol–water partition coefficient (Wildman–Crippen LogP) is 2.73. The van der Waals surface area contributed by atoms with Gasteiger partial charge in [0.25, 0.3) is 0 Å². The molecule has 9 heteroatoms. The lowest BCUT2D eigenvalue weighted by Gasteiger charge is -2.15. The lowest BCUT2D eigenvalue weighted by molar-refractivity contribution is -0.175. The molecule has 2 rings (SSSR count). The molecule has 0 radical (unpaired) electrons. The number of aromatic nitrogens is 1. The van der Waals surface area contributed by atoms with Gasteiger partial charge in [0.1, 0.15) is 0 Å². The van der Waals surface area contributed by atoms with Crippen LogP contribution in [0, 0.1) is 0 Å². The number of hydrogen-bond acceptors (Lipinski definition) is 2. The van der Waals surface area contributed by atoms with E-state index in [9.17, 15) is 22.8 Å². The SMILES string of the molecule is O=C(O)C(NC(=O)C(F)(F)F)c1c[nH]c2ccc(Br)cc12. The van der Waals surface area contributed by atoms with E-state index in [1.165, 1.54) is 11.5 Å². The van der Waals surface area contributed by atoms with E-state index in [1.54, 1.807) is 18.2 Å². The lowest BCUT2D eigenvalue weighted by atomic mass is 10.1. The average Bonchev–Trinajstić information content (AvgIpc) is 2.76. The predicted molar refractivity (Wildman–Crippen MR) is 70.6 cm³/mol. The Morgan fingerprint density at radius 1 is 1.33 bits per heavy atom. The van der Waals surface area contributed by atoms with Crippen molar-refractivity contribution in [1.82, 2.24) is 10.3 Å². The highest BCUT2D eigenvalue weighted by atomic mass is 79.9. The van der Waals surface area contributed by atoms with Gasteiger partial charge >= 0.3 is 18.1 Å². The maximum atomic E-state index is 12.3. The van der Waals surface area contributed by atoms with E-state index in [0.29, 0.717) is 15.4 Å². The van der Waals surface area contributed by atoms with E-state index in [-0.39, 0.29) is 5.56 Å². The van der Waals surface area contributed by atoms with Gasteiger partial charge in [-0.05, 0) is 18.2 Å². The molecule has 0 saturated carbocycles. The Morgan fingerprint density at radius 2 is 2.00 bits per heavy atom. The first-order chi connectivity index (χ1) is 9.70. The van der Waals surface area contributed by atoms with Gasteiger partial charge in [0.15, 0.2) is 6.04 Å². The largest absolute Gasteiger partial charge is 0.479 e. The van der Waals surface area contributed by atoms with Crippen LogP contribution in [0.5, 0.6) is 0 Å². The first-order valence-electron chi connectivity index (χ1n) is 5.57. The molecule has 1 heterocycles. The zero-order valence-corrected chi connectivity index (χ0v) is 11.7. The summed E-state index contributed by atoms with van der Waals surface area (Å²) in [5, 5.41) is 11.0. The van der Waals surface area contributed by atoms with Crippen molar-refractivity contribution >= 4 is 38.7 Å². The van der Waals surface area contributed by atoms with Gasteiger partial charge in [-0.15, -0.1) is 0 Å². The highest BCUT2D eigenvalue weighted by Gasteiger charge is 2.41. The summed E-state index contributed by atoms with van der Waals surface area (Å²) in [4.78, 5) is 24.9. The molecule has 5 nitrogen and oxygen atoms in total. The summed E-state index contributed by atoms with van der Waals surface area (Å²) in [6.07, 6.45) is -3.90. The van der Waals surface area contributed by atoms with Crippen molar-refractivity contribution in [2.45, 2.75) is 12.2 Å². The molecule has 1 atom stereocenters. The molecular formula is C12H8BrF3N2O3. The van der Waals surface area contributed by atoms with E-state index in [2.05, 4.69) is 20.9 Å². The number of fused-ring (bicyclic) bond motifs is 1. The Hall–Kier alpha value is -2.03. The molecule has 1 aromatic carbocycles. The van der Waals surface area contributed by atoms with Gasteiger partial charge in [0.05, 0.1) is 0 Å². The number of aliphatic carboxylic acids is 1. The molecule has 0 spiro atoms. The third-order valence-corrected chi connectivity index (χ3v) is 3.26. The molecule has 0 aliphatic heterocycles. The molecule has 112 valence electrons. The number of carbonyl (C=O) groups is 2. The van der Waals surface area contributed by atoms with E-state index < -0.39 is 24.1 Å². The van der Waals surface area contributed by atoms with Crippen LogP contribution in [0.15, 0.2) is 28.9 Å². The fourth-order valence-corrected chi connectivity index (χ4v) is 2.20. The van der Waals surface area contributed by atoms with Crippen molar-refractivity contribution < 1.29 is 27.9 Å². The molecule has 0 saturated heterocycles. The van der Waals surface area contributed by atoms with Crippen molar-refractivity contribution in [3.05, 3.63) is 34.4 Å². The van der Waals surface area contributed by atoms with Crippen molar-refractivity contribution in [3.8, 4) is 0 Å². The standard InChI is InChI=1S/C12H8BrF3N2O3/c13-5-1-2-8-6(3-5)7(4-17-8)9(10(19)20)18-11(21)12(14,15)16/h1-4,9,17H,(H,18,21)(H,19,20). The summed E-state index contributed by atoms with van der Waals surface area (Å²) < 4.78 is 37.4. The van der Waals surface area contributed by atoms with Gasteiger partial charge < -0.3 is 15.4 Å². The summed E-state index contributed by atoms with van der Waals surface area (Å²) >= 11 is 3.19. The number of carboxylic acids is 1. The lowest BCUT2D eigenvalue weighted by Crippen LogP contribution is -2.41. The molecule has 2 aromatic rings. The van der Waals surface area contributed by atoms with Crippen LogP contribution in [0.2, 0.25) is 0 Å². The van der Waals surface area contributed by atoms with Crippen LogP contribution in [0.25, 0.3) is 10.9 Å². The second kappa shape index (κ2) is 5.40. The van der Waals surface area contributed by atoms with Gasteiger partial charge in [-0.1, -0.05) is 15.9 Å². The molecule has 1 aromatic heterocycles. The number of H-pyrrole nitrogens is 1. The third kappa shape index (κ3) is 3.18. The minimum absolute atomic E-state index is 0.0383. The maximum Gasteiger partial charge on any atom is 0.471 e. The molecule has 21 heavy (non-hydrogen) atoms. The monoisotopic (exact) mass is 364 g/mol. The molecule has 0 aliphatic carbocycles. The number of carboxylic acid groups (broad SMARTS) is 1. The Kier molecular flexibility index (Phi) is 3.95. The summed E-state index contributed by atoms with van der Waals surface area (Å²) in [7, 11) is 0. The normalized spacial score (nSPS) is 13.1. The molecule has 0 aliphatic rings. The maximum absolute atomic E-state index is 12.3. The van der Waals surface area contributed by atoms with Crippen molar-refractivity contribution in [3.63, 3.8) is 0 Å². The van der Waals surface area contributed by atoms with Crippen LogP contribution in [-0.2, 0) is 9.59 Å². The highest BCUT2D eigenvalue weighted by Crippen LogP contribution is 2.28. The first kappa shape index (κ1) is 15.4. The van der Waals surface area contributed by atoms with E-state index >= 15 is 0 Å². The Morgan fingerprint density at radius 3 is 2.57 bits per heavy atom. The quantitative estimate of drug-likeness (QED) is 0.782. The fraction of sp³-hybridized carbons (Fsp3) is 0.167. The van der Waals surface area contributed by atoms with Crippen molar-refractivity contribution in [2.24, 2.45) is 0 Å². The fourth-order valence-electron chi connectivity index (χ4n) is 1.84. The van der Waals surface area contributed by atoms with Crippen molar-refractivity contribution in [1.29, 1.82) is 0 Å². The van der Waals surface area contributed by atoms with Gasteiger partial charge in [-0.3, -0.25) is 4.79 Å². The van der Waals surface area contributed by atoms with Crippen LogP contribution in [0.1, 0.15) is 11.6 Å². The van der Waals surface area contributed by atoms with Gasteiger partial charge in [0, 0.05) is 27.1 Å². The Labute approximate surface area is 124 Å². The number of hydrogen-bond donors (Lipinski definition) is 3. The summed E-state index contributed by atoms with van der Waals surface area (Å²) in [5.41, 5.74) is 0.581. The highest BCUT2D eigenvalue weighted by molar-refractivity contribution is 9.10. The molecular weight excluding hydrogens is 357 g/mol. The Bertz CT molecular complexity index is 711. The Balaban J connectivity index is 2.44. The van der Waals surface area contributed by atoms with Crippen LogP contribution < -0.4 is 5.32 Å². The molecule has 1 amide bonds. The second-order valence-corrected chi connectivity index (χ2v) is 5.09. The number of aromatic amines is 1. The number of carbonyl (C=O) groups excluding carboxylic acids is 1. The van der Waals surface area contributed by atoms with Crippen LogP contribution >= 0.6 is 15.9 Å². The molecule has 1 unspecified atom stereocenters. The van der Waals surface area contributed by atoms with Crippen LogP contribution in [0.4, 0.5) is 13.2 Å². The molecule has 0 fully saturated rings. The number of rotatable bonds is 3. The van der Waals surface area contributed by atoms with E-state index in [1.807, 2.05) is 0 Å². The zero-order chi connectivity index (χ0) is 15.8. The average molecular weight is 365 g/mol. The first-order valence-corrected chi connectivity index (χ1v) is 6.36. The zero-order valence-electron chi connectivity index (χ0n) is 10.2. The van der Waals surface area contributed by atoms with Gasteiger partial charge in [-0.25, -0.2) is 4.79 Å². The summed E-state index contributed by atoms with van der Waals surface area (Å²) in [5.74, 6) is -3.90. The van der Waals surface area contributed by atoms with Crippen LogP contribution in [0.3, 0.4) is 0 Å². The third-order valence-electron chi connectivity index (χ3n) is 2.77. The molecule has 0 bridgehead atoms. The van der Waals surface area contributed by atoms with Gasteiger partial charge in [0.2, 0.25) is 0 Å². The minimum Gasteiger partial charge on any atom is -0.479 e. The summed E-state index contributed by atoms with van der Waals surface area (Å²) in [6.45, 7) is 0. The topological polar surface area (TPSA) is 82.2 Å². The van der Waals surface area contributed by atoms with E-state index in [0.717, 1.165) is 0 Å². The van der Waals surface area contributed by atoms with Gasteiger partial charge in [-0.2, -0.15) is 13.2 Å². The number of amides is 1. The van der Waals surface area contributed by atoms with Crippen LogP contribution in [-0.4, -0.2) is 28.1 Å². The molecule has 3 N–H and O–H groups in total. The minimum atomic E-state index is -5.15. The number of halogens is 4. The number of alkyl halides is 3.